The van der Waals surface area contributed by atoms with Crippen molar-refractivity contribution < 1.29 is 27.0 Å². The zero-order chi connectivity index (χ0) is 12.4. The molecule has 1 N–H and O–H groups in total. The summed E-state index contributed by atoms with van der Waals surface area (Å²) in [5.41, 5.74) is 1.48. The molecular formula is C10H9F4NO2. The second kappa shape index (κ2) is 4.79. The lowest BCUT2D eigenvalue weighted by atomic mass is 10.1. The Morgan fingerprint density at radius 3 is 1.65 bits per heavy atom. The highest BCUT2D eigenvalue weighted by Crippen LogP contribution is 2.34. The van der Waals surface area contributed by atoms with Crippen molar-refractivity contribution in [3.63, 3.8) is 0 Å². The van der Waals surface area contributed by atoms with Gasteiger partial charge >= 0.3 is 13.2 Å². The van der Waals surface area contributed by atoms with E-state index >= 15 is 0 Å². The quantitative estimate of drug-likeness (QED) is 0.834. The number of fused-ring (bicyclic) bond motifs is 1. The first-order valence-corrected chi connectivity index (χ1v) is 4.82. The van der Waals surface area contributed by atoms with Crippen LogP contribution < -0.4 is 14.8 Å². The van der Waals surface area contributed by atoms with Crippen LogP contribution in [-0.2, 0) is 13.1 Å². The molecule has 1 aromatic rings. The van der Waals surface area contributed by atoms with Crippen LogP contribution in [0, 0.1) is 0 Å². The topological polar surface area (TPSA) is 30.5 Å². The van der Waals surface area contributed by atoms with Crippen molar-refractivity contribution in [2.45, 2.75) is 26.3 Å². The summed E-state index contributed by atoms with van der Waals surface area (Å²) in [6.07, 6.45) is 0. The second-order valence-corrected chi connectivity index (χ2v) is 3.43. The van der Waals surface area contributed by atoms with Gasteiger partial charge in [-0.25, -0.2) is 0 Å². The van der Waals surface area contributed by atoms with Crippen LogP contribution in [0.5, 0.6) is 11.5 Å². The third-order valence-electron chi connectivity index (χ3n) is 2.33. The van der Waals surface area contributed by atoms with Gasteiger partial charge in [-0.2, -0.15) is 17.6 Å². The van der Waals surface area contributed by atoms with Crippen LogP contribution in [0.1, 0.15) is 11.1 Å². The minimum absolute atomic E-state index is 0.372. The number of halogens is 4. The zero-order valence-corrected chi connectivity index (χ0v) is 8.55. The van der Waals surface area contributed by atoms with Gasteiger partial charge in [-0.3, -0.25) is 0 Å². The summed E-state index contributed by atoms with van der Waals surface area (Å²) in [7, 11) is 0. The third-order valence-corrected chi connectivity index (χ3v) is 2.33. The largest absolute Gasteiger partial charge is 0.431 e. The van der Waals surface area contributed by atoms with E-state index in [-0.39, 0.29) is 11.5 Å². The van der Waals surface area contributed by atoms with Gasteiger partial charge in [0.1, 0.15) is 0 Å². The van der Waals surface area contributed by atoms with Gasteiger partial charge in [-0.1, -0.05) is 0 Å². The number of hydrogen-bond donors (Lipinski definition) is 1. The molecule has 0 fully saturated rings. The van der Waals surface area contributed by atoms with Crippen molar-refractivity contribution in [2.24, 2.45) is 0 Å². The van der Waals surface area contributed by atoms with Crippen LogP contribution in [0.25, 0.3) is 0 Å². The molecule has 17 heavy (non-hydrogen) atoms. The SMILES string of the molecule is FC(F)Oc1cc2c(cc1OC(F)F)CNC2. The number of hydrogen-bond acceptors (Lipinski definition) is 3. The van der Waals surface area contributed by atoms with Gasteiger partial charge in [0.2, 0.25) is 0 Å². The van der Waals surface area contributed by atoms with Crippen LogP contribution in [0.15, 0.2) is 12.1 Å². The Morgan fingerprint density at radius 1 is 0.882 bits per heavy atom. The summed E-state index contributed by atoms with van der Waals surface area (Å²) in [6, 6.07) is 2.58. The lowest BCUT2D eigenvalue weighted by Gasteiger charge is -2.13. The Kier molecular flexibility index (Phi) is 3.37. The molecule has 0 atom stereocenters. The molecule has 0 aromatic heterocycles. The first kappa shape index (κ1) is 12.0. The molecule has 1 aliphatic rings. The molecule has 0 aliphatic carbocycles. The predicted octanol–water partition coefficient (Wildman–Crippen LogP) is 2.49. The van der Waals surface area contributed by atoms with Crippen molar-refractivity contribution >= 4 is 0 Å². The Hall–Kier alpha value is -1.50. The summed E-state index contributed by atoms with van der Waals surface area (Å²) < 4.78 is 56.7. The van der Waals surface area contributed by atoms with Gasteiger partial charge in [-0.05, 0) is 23.3 Å². The summed E-state index contributed by atoms with van der Waals surface area (Å²) >= 11 is 0. The number of ether oxygens (including phenoxy) is 2. The van der Waals surface area contributed by atoms with Crippen LogP contribution in [-0.4, -0.2) is 13.2 Å². The van der Waals surface area contributed by atoms with E-state index in [0.717, 1.165) is 11.1 Å². The van der Waals surface area contributed by atoms with Gasteiger partial charge in [0.15, 0.2) is 11.5 Å². The molecule has 0 unspecified atom stereocenters. The van der Waals surface area contributed by atoms with Crippen LogP contribution in [0.3, 0.4) is 0 Å². The van der Waals surface area contributed by atoms with Gasteiger partial charge in [-0.15, -0.1) is 0 Å². The number of nitrogens with one attached hydrogen (secondary N) is 1. The van der Waals surface area contributed by atoms with Crippen molar-refractivity contribution in [3.8, 4) is 11.5 Å². The molecule has 0 amide bonds. The number of rotatable bonds is 4. The average Bonchev–Trinajstić information content (AvgIpc) is 2.63. The highest BCUT2D eigenvalue weighted by molar-refractivity contribution is 5.48. The van der Waals surface area contributed by atoms with Crippen LogP contribution in [0.2, 0.25) is 0 Å². The molecule has 7 heteroatoms. The van der Waals surface area contributed by atoms with E-state index in [4.69, 9.17) is 0 Å². The standard InChI is InChI=1S/C10H9F4NO2/c11-9(12)16-7-1-5-3-15-4-6(5)2-8(7)17-10(13)14/h1-2,9-10,15H,3-4H2. The molecule has 94 valence electrons. The molecule has 0 saturated heterocycles. The van der Waals surface area contributed by atoms with E-state index in [9.17, 15) is 17.6 Å². The maximum atomic E-state index is 12.1. The van der Waals surface area contributed by atoms with Gasteiger partial charge in [0.25, 0.3) is 0 Å². The minimum Gasteiger partial charge on any atom is -0.431 e. The highest BCUT2D eigenvalue weighted by Gasteiger charge is 2.20. The van der Waals surface area contributed by atoms with Gasteiger partial charge < -0.3 is 14.8 Å². The number of benzene rings is 1. The van der Waals surface area contributed by atoms with Crippen molar-refractivity contribution in [1.29, 1.82) is 0 Å². The van der Waals surface area contributed by atoms with Crippen molar-refractivity contribution in [2.75, 3.05) is 0 Å². The maximum absolute atomic E-state index is 12.1. The predicted molar refractivity (Wildman–Crippen MR) is 50.2 cm³/mol. The van der Waals surface area contributed by atoms with E-state index in [0.29, 0.717) is 13.1 Å². The maximum Gasteiger partial charge on any atom is 0.387 e. The molecule has 1 aliphatic heterocycles. The highest BCUT2D eigenvalue weighted by atomic mass is 19.3. The Bertz CT molecular complexity index is 375. The lowest BCUT2D eigenvalue weighted by Crippen LogP contribution is -2.08. The van der Waals surface area contributed by atoms with Crippen LogP contribution >= 0.6 is 0 Å². The average molecular weight is 251 g/mol. The minimum atomic E-state index is -3.08. The summed E-state index contributed by atoms with van der Waals surface area (Å²) in [5.74, 6) is -0.745. The summed E-state index contributed by atoms with van der Waals surface area (Å²) in [5, 5.41) is 2.96. The zero-order valence-electron chi connectivity index (χ0n) is 8.55. The molecule has 2 rings (SSSR count). The Morgan fingerprint density at radius 2 is 1.29 bits per heavy atom. The Labute approximate surface area is 94.3 Å². The molecule has 0 radical (unpaired) electrons. The molecular weight excluding hydrogens is 242 g/mol. The van der Waals surface area contributed by atoms with E-state index in [2.05, 4.69) is 14.8 Å². The fraction of sp³-hybridized carbons (Fsp3) is 0.400. The van der Waals surface area contributed by atoms with E-state index in [1.54, 1.807) is 0 Å². The molecule has 0 saturated carbocycles. The first-order valence-electron chi connectivity index (χ1n) is 4.82. The lowest BCUT2D eigenvalue weighted by molar-refractivity contribution is -0.0692. The Balaban J connectivity index is 2.32. The molecule has 0 bridgehead atoms. The van der Waals surface area contributed by atoms with Gasteiger partial charge in [0.05, 0.1) is 0 Å². The van der Waals surface area contributed by atoms with Crippen molar-refractivity contribution in [1.82, 2.24) is 5.32 Å². The van der Waals surface area contributed by atoms with E-state index in [1.165, 1.54) is 12.1 Å². The van der Waals surface area contributed by atoms with E-state index in [1.807, 2.05) is 0 Å². The van der Waals surface area contributed by atoms with Crippen LogP contribution in [0.4, 0.5) is 17.6 Å². The third kappa shape index (κ3) is 2.79. The fourth-order valence-corrected chi connectivity index (χ4v) is 1.68. The normalized spacial score (nSPS) is 14.2. The number of alkyl halides is 4. The molecule has 3 nitrogen and oxygen atoms in total. The second-order valence-electron chi connectivity index (χ2n) is 3.43. The smallest absolute Gasteiger partial charge is 0.387 e. The summed E-state index contributed by atoms with van der Waals surface area (Å²) in [6.45, 7) is -5.18. The van der Waals surface area contributed by atoms with Crippen molar-refractivity contribution in [3.05, 3.63) is 23.3 Å². The van der Waals surface area contributed by atoms with Gasteiger partial charge in [0, 0.05) is 13.1 Å². The molecule has 0 spiro atoms. The van der Waals surface area contributed by atoms with E-state index < -0.39 is 13.2 Å². The fourth-order valence-electron chi connectivity index (χ4n) is 1.68. The monoisotopic (exact) mass is 251 g/mol. The first-order chi connectivity index (χ1) is 8.06. The summed E-state index contributed by atoms with van der Waals surface area (Å²) in [4.78, 5) is 0. The molecule has 1 heterocycles. The molecule has 1 aromatic carbocycles.